The van der Waals surface area contributed by atoms with Gasteiger partial charge in [-0.2, -0.15) is 0 Å². The van der Waals surface area contributed by atoms with Crippen LogP contribution in [0.1, 0.15) is 6.92 Å². The lowest BCUT2D eigenvalue weighted by atomic mass is 10.5. The van der Waals surface area contributed by atoms with Crippen molar-refractivity contribution in [2.24, 2.45) is 0 Å². The molecule has 0 atom stereocenters. The topological polar surface area (TPSA) is 93.7 Å². The van der Waals surface area contributed by atoms with Gasteiger partial charge in [0.15, 0.2) is 6.61 Å². The maximum absolute atomic E-state index is 10.9. The summed E-state index contributed by atoms with van der Waals surface area (Å²) in [6, 6.07) is -0.619. The Bertz CT molecular complexity index is 323. The minimum atomic E-state index is -0.619. The highest BCUT2D eigenvalue weighted by molar-refractivity contribution is 6.11. The van der Waals surface area contributed by atoms with Gasteiger partial charge in [-0.25, -0.2) is 9.59 Å². The Kier molecular flexibility index (Phi) is 3.67. The van der Waals surface area contributed by atoms with Crippen LogP contribution in [-0.2, 0) is 19.1 Å². The number of carbonyl (C=O) groups is 3. The van der Waals surface area contributed by atoms with Crippen molar-refractivity contribution in [1.82, 2.24) is 10.6 Å². The molecule has 3 amide bonds. The number of nitrogens with one attached hydrogen (secondary N) is 2. The molecule has 2 N–H and O–H groups in total. The number of imide groups is 1. The Morgan fingerprint density at radius 2 is 2.13 bits per heavy atom. The molecule has 0 aromatic rings. The molecule has 0 saturated carbocycles. The number of urea groups is 1. The molecule has 1 fully saturated rings. The van der Waals surface area contributed by atoms with Crippen molar-refractivity contribution >= 4 is 17.9 Å². The molecule has 1 rings (SSSR count). The molecule has 82 valence electrons. The summed E-state index contributed by atoms with van der Waals surface area (Å²) in [5.74, 6) is -1.14. The average molecular weight is 214 g/mol. The van der Waals surface area contributed by atoms with E-state index < -0.39 is 17.9 Å². The lowest BCUT2D eigenvalue weighted by Gasteiger charge is -2.01. The first-order chi connectivity index (χ1) is 7.13. The third-order valence-corrected chi connectivity index (χ3v) is 1.43. The number of carbonyl (C=O) groups excluding carboxylic acids is 3. The van der Waals surface area contributed by atoms with E-state index in [-0.39, 0.29) is 18.9 Å². The van der Waals surface area contributed by atoms with Gasteiger partial charge in [0.2, 0.25) is 0 Å². The van der Waals surface area contributed by atoms with E-state index in [1.807, 2.05) is 5.32 Å². The molecule has 1 saturated heterocycles. The normalized spacial score (nSPS) is 17.3. The second-order valence-electron chi connectivity index (χ2n) is 2.56. The summed E-state index contributed by atoms with van der Waals surface area (Å²) in [6.07, 6.45) is 0.997. The van der Waals surface area contributed by atoms with Crippen molar-refractivity contribution < 1.29 is 23.9 Å². The summed E-state index contributed by atoms with van der Waals surface area (Å²) in [7, 11) is 0. The molecule has 0 unspecified atom stereocenters. The number of ether oxygens (including phenoxy) is 2. The van der Waals surface area contributed by atoms with Crippen LogP contribution in [0.15, 0.2) is 12.0 Å². The highest BCUT2D eigenvalue weighted by Gasteiger charge is 2.23. The van der Waals surface area contributed by atoms with E-state index >= 15 is 0 Å². The molecule has 7 nitrogen and oxygen atoms in total. The van der Waals surface area contributed by atoms with Crippen molar-refractivity contribution in [3.05, 3.63) is 12.0 Å². The van der Waals surface area contributed by atoms with Gasteiger partial charge in [-0.15, -0.1) is 0 Å². The summed E-state index contributed by atoms with van der Waals surface area (Å²) in [4.78, 5) is 32.4. The lowest BCUT2D eigenvalue weighted by molar-refractivity contribution is -0.146. The van der Waals surface area contributed by atoms with Crippen LogP contribution >= 0.6 is 0 Å². The predicted octanol–water partition coefficient (Wildman–Crippen LogP) is -0.753. The molecular weight excluding hydrogens is 204 g/mol. The van der Waals surface area contributed by atoms with Gasteiger partial charge in [0.1, 0.15) is 12.0 Å². The maximum Gasteiger partial charge on any atom is 0.344 e. The van der Waals surface area contributed by atoms with Crippen molar-refractivity contribution in [2.75, 3.05) is 13.2 Å². The quantitative estimate of drug-likeness (QED) is 0.278. The molecule has 0 spiro atoms. The van der Waals surface area contributed by atoms with E-state index in [2.05, 4.69) is 10.1 Å². The first-order valence-electron chi connectivity index (χ1n) is 4.23. The van der Waals surface area contributed by atoms with Crippen molar-refractivity contribution in [2.45, 2.75) is 6.92 Å². The van der Waals surface area contributed by atoms with Gasteiger partial charge < -0.3 is 14.8 Å². The number of esters is 1. The minimum Gasteiger partial charge on any atom is -0.487 e. The third-order valence-electron chi connectivity index (χ3n) is 1.43. The number of amides is 3. The highest BCUT2D eigenvalue weighted by atomic mass is 16.6. The molecule has 0 bridgehead atoms. The van der Waals surface area contributed by atoms with Gasteiger partial charge in [-0.1, -0.05) is 0 Å². The largest absolute Gasteiger partial charge is 0.487 e. The van der Waals surface area contributed by atoms with Crippen molar-refractivity contribution in [1.29, 1.82) is 0 Å². The standard InChI is InChI=1S/C8H10N2O5/c1-2-15-6(11)4-14-3-5-7(12)10-8(13)9-5/h3H,2,4H2,1H3,(H2,9,10,12,13). The molecule has 15 heavy (non-hydrogen) atoms. The van der Waals surface area contributed by atoms with E-state index in [9.17, 15) is 14.4 Å². The lowest BCUT2D eigenvalue weighted by Crippen LogP contribution is -2.22. The van der Waals surface area contributed by atoms with Gasteiger partial charge >= 0.3 is 12.0 Å². The van der Waals surface area contributed by atoms with Gasteiger partial charge in [0.25, 0.3) is 5.91 Å². The fraction of sp³-hybridized carbons (Fsp3) is 0.375. The molecule has 0 aliphatic carbocycles. The molecule has 7 heteroatoms. The Balaban J connectivity index is 2.35. The number of hydrogen-bond acceptors (Lipinski definition) is 5. The third kappa shape index (κ3) is 3.29. The van der Waals surface area contributed by atoms with Crippen LogP contribution in [0.3, 0.4) is 0 Å². The van der Waals surface area contributed by atoms with Gasteiger partial charge in [-0.05, 0) is 6.92 Å². The summed E-state index contributed by atoms with van der Waals surface area (Å²) in [5.41, 5.74) is -0.0377. The average Bonchev–Trinajstić information content (AvgIpc) is 2.46. The van der Waals surface area contributed by atoms with Gasteiger partial charge in [0.05, 0.1) is 6.61 Å². The van der Waals surface area contributed by atoms with E-state index in [0.717, 1.165) is 6.26 Å². The van der Waals surface area contributed by atoms with Crippen LogP contribution in [0.5, 0.6) is 0 Å². The fourth-order valence-electron chi connectivity index (χ4n) is 0.859. The maximum atomic E-state index is 10.9. The van der Waals surface area contributed by atoms with Crippen LogP contribution in [0.4, 0.5) is 4.79 Å². The zero-order valence-electron chi connectivity index (χ0n) is 8.03. The first-order valence-corrected chi connectivity index (χ1v) is 4.23. The molecule has 1 heterocycles. The number of rotatable bonds is 4. The fourth-order valence-corrected chi connectivity index (χ4v) is 0.859. The highest BCUT2D eigenvalue weighted by Crippen LogP contribution is 1.97. The summed E-state index contributed by atoms with van der Waals surface area (Å²) in [6.45, 7) is 1.62. The first kappa shape index (κ1) is 11.0. The molecule has 0 aromatic carbocycles. The summed E-state index contributed by atoms with van der Waals surface area (Å²) >= 11 is 0. The molecule has 1 aliphatic rings. The van der Waals surface area contributed by atoms with Crippen LogP contribution in [0.2, 0.25) is 0 Å². The molecule has 0 aromatic heterocycles. The van der Waals surface area contributed by atoms with Crippen LogP contribution < -0.4 is 10.6 Å². The second kappa shape index (κ2) is 4.99. The minimum absolute atomic E-state index is 0.0377. The summed E-state index contributed by atoms with van der Waals surface area (Å²) in [5, 5.41) is 4.17. The van der Waals surface area contributed by atoms with E-state index in [0.29, 0.717) is 0 Å². The Hall–Kier alpha value is -2.05. The van der Waals surface area contributed by atoms with Gasteiger partial charge in [0, 0.05) is 0 Å². The summed E-state index contributed by atoms with van der Waals surface area (Å²) < 4.78 is 9.31. The second-order valence-corrected chi connectivity index (χ2v) is 2.56. The zero-order chi connectivity index (χ0) is 11.3. The van der Waals surface area contributed by atoms with Crippen LogP contribution in [-0.4, -0.2) is 31.1 Å². The van der Waals surface area contributed by atoms with Crippen molar-refractivity contribution in [3.63, 3.8) is 0 Å². The predicted molar refractivity (Wildman–Crippen MR) is 47.3 cm³/mol. The smallest absolute Gasteiger partial charge is 0.344 e. The van der Waals surface area contributed by atoms with Crippen LogP contribution in [0, 0.1) is 0 Å². The van der Waals surface area contributed by atoms with E-state index in [1.54, 1.807) is 6.92 Å². The monoisotopic (exact) mass is 214 g/mol. The van der Waals surface area contributed by atoms with E-state index in [4.69, 9.17) is 4.74 Å². The van der Waals surface area contributed by atoms with Crippen molar-refractivity contribution in [3.8, 4) is 0 Å². The Morgan fingerprint density at radius 3 is 2.67 bits per heavy atom. The molecular formula is C8H10N2O5. The Labute approximate surface area is 85.4 Å². The van der Waals surface area contributed by atoms with Crippen LogP contribution in [0.25, 0.3) is 0 Å². The Morgan fingerprint density at radius 1 is 1.40 bits per heavy atom. The molecule has 0 radical (unpaired) electrons. The van der Waals surface area contributed by atoms with E-state index in [1.165, 1.54) is 0 Å². The number of hydrogen-bond donors (Lipinski definition) is 2. The molecule has 1 aliphatic heterocycles. The zero-order valence-corrected chi connectivity index (χ0v) is 8.03. The SMILES string of the molecule is CCOC(=O)COC=C1NC(=O)NC1=O. The van der Waals surface area contributed by atoms with Gasteiger partial charge in [-0.3, -0.25) is 10.1 Å².